The van der Waals surface area contributed by atoms with Gasteiger partial charge in [-0.25, -0.2) is 22.9 Å². The number of benzene rings is 2. The maximum absolute atomic E-state index is 14.5. The van der Waals surface area contributed by atoms with Crippen LogP contribution >= 0.6 is 7.82 Å². The summed E-state index contributed by atoms with van der Waals surface area (Å²) in [4.78, 5) is 152. The monoisotopic (exact) mass is 1770 g/mol. The van der Waals surface area contributed by atoms with Crippen LogP contribution in [0.15, 0.2) is 96.9 Å². The number of aliphatic hydroxyl groups excluding tert-OH is 2. The number of nitriles is 1. The van der Waals surface area contributed by atoms with Gasteiger partial charge in [0.15, 0.2) is 6.23 Å². The number of urea groups is 1. The summed E-state index contributed by atoms with van der Waals surface area (Å²) in [5, 5.41) is 40.1. The van der Waals surface area contributed by atoms with Gasteiger partial charge < -0.3 is 47.9 Å². The Kier molecular flexibility index (Phi) is 29.8. The van der Waals surface area contributed by atoms with Crippen LogP contribution < -0.4 is 68.9 Å². The number of nitrogens with two attached hydrogens (primary N) is 6. The summed E-state index contributed by atoms with van der Waals surface area (Å²) in [5.74, 6) is -8.07. The number of hydrogen-bond donors (Lipinski definition) is 11. The molecule has 6 aliphatic heterocycles. The predicted molar refractivity (Wildman–Crippen MR) is 432 cm³/mol. The quantitative estimate of drug-likeness (QED) is 0.0230. The molecule has 8 heterocycles. The summed E-state index contributed by atoms with van der Waals surface area (Å²) in [7, 11) is -5.48. The molecule has 2 unspecified atom stereocenters. The molecular formula is C78H107CoN19O21PS. The number of rotatable bonds is 36. The molecule has 660 valence electrons. The van der Waals surface area contributed by atoms with Crippen molar-refractivity contribution in [3.8, 4) is 22.8 Å². The average molecular weight is 1770 g/mol. The number of phosphoric ester groups is 1. The fraction of sp³-hybridized carbons (Fsp3) is 0.564. The fourth-order valence-electron chi connectivity index (χ4n) is 17.6. The standard InChI is InChI=1S/C62H90N13O14P.C15H19N5O7S.CN.Co/c1-29-20-39-40(21-30(29)2)75(28-70-39)57-52(84)53(41(27-76)87-57)89-90(85,86)88-31(3)26-69-49(83)18-19-59(8)37(22-46(66)80)56-62(11)61(10,25-48(68)82)36(14-17-45(65)79)51(74-62)33(5)55-60(9,24-47(67)81)34(12-15-43(63)77)38(71-55)23-42-58(6,7)35(13-16-44(64)78)50(72-42)32(4)54(59)73-56;1-24-8-9-27-10-6-4-5-7-11(10)28(22,23)20-13(21)16-12-17-14(25-2)19-15(18-12)26-3;1-2;/h20-21,23,28,31,34-37,41,52-53,56-57,76,84H,12-19,22,24-27H2,1-11H3,(H15,63,64,65,66,67,68,69,71,72,73,74,77,78,79,80,81,82,83,85,86);4-7H,8-9H2,1-3H3,(H2,16,17,18,19,20,21);;/q;;;+2/p-2/t31?,34-,35-,36-,37+,41-,52-,53-,56-,57+,59-,60+,61+,62+;;;/m1.../s1. The molecule has 0 aliphatic carbocycles. The number of nitrogens with zero attached hydrogens (tertiary/aromatic N) is 10. The third kappa shape index (κ3) is 20.1. The number of hydrogen-bond acceptors (Lipinski definition) is 30. The van der Waals surface area contributed by atoms with Crippen molar-refractivity contribution in [2.45, 2.75) is 194 Å². The maximum atomic E-state index is 14.5. The number of aryl methyl sites for hydroxylation is 2. The molecular weight excluding hydrogens is 1660 g/mol. The van der Waals surface area contributed by atoms with Gasteiger partial charge in [0.25, 0.3) is 17.8 Å². The van der Waals surface area contributed by atoms with Crippen molar-refractivity contribution in [1.82, 2.24) is 38.5 Å². The van der Waals surface area contributed by atoms with E-state index in [-0.39, 0.29) is 134 Å². The first kappa shape index (κ1) is 94.7. The number of amides is 9. The van der Waals surface area contributed by atoms with Gasteiger partial charge in [0.2, 0.25) is 5.95 Å². The zero-order chi connectivity index (χ0) is 89.6. The summed E-state index contributed by atoms with van der Waals surface area (Å²) in [5.41, 5.74) is 36.3. The van der Waals surface area contributed by atoms with Crippen molar-refractivity contribution in [1.29, 1.82) is 5.26 Å². The summed E-state index contributed by atoms with van der Waals surface area (Å²) >= 11 is 0.0230. The number of nitrogens with one attached hydrogen (secondary N) is 3. The Morgan fingerprint density at radius 2 is 1.39 bits per heavy atom. The molecule has 15 atom stereocenters. The predicted octanol–water partition coefficient (Wildman–Crippen LogP) is 3.15. The molecule has 43 heteroatoms. The summed E-state index contributed by atoms with van der Waals surface area (Å²) in [6, 6.07) is 7.08. The van der Waals surface area contributed by atoms with Crippen molar-refractivity contribution in [2.75, 3.05) is 53.0 Å². The van der Waals surface area contributed by atoms with E-state index in [9.17, 15) is 71.7 Å². The molecule has 9 amide bonds. The van der Waals surface area contributed by atoms with Gasteiger partial charge >= 0.3 is 435 Å². The number of sulfonamides is 1. The first-order chi connectivity index (χ1) is 56.7. The molecule has 6 aliphatic rings. The first-order valence-corrected chi connectivity index (χ1v) is 42.7. The third-order valence-electron chi connectivity index (χ3n) is 23.9. The molecule has 4 aromatic rings. The van der Waals surface area contributed by atoms with E-state index in [0.29, 0.717) is 56.4 Å². The van der Waals surface area contributed by atoms with Crippen molar-refractivity contribution in [3.63, 3.8) is 0 Å². The van der Waals surface area contributed by atoms with Crippen LogP contribution in [0.1, 0.15) is 150 Å². The molecule has 2 saturated heterocycles. The molecule has 2 aromatic heterocycles. The van der Waals surface area contributed by atoms with E-state index in [1.807, 2.05) is 58.4 Å². The smallest absolute Gasteiger partial charge is 0.490 e. The molecule has 2 aromatic carbocycles. The van der Waals surface area contributed by atoms with E-state index >= 15 is 0 Å². The number of phosphoric acid groups is 1. The number of aliphatic hydroxyl groups is 2. The average Bonchev–Trinajstić information content (AvgIpc) is 1.51. The van der Waals surface area contributed by atoms with Gasteiger partial charge in [-0.05, 0) is 49.2 Å². The first-order valence-electron chi connectivity index (χ1n) is 38.8. The minimum absolute atomic E-state index is 0.0111. The van der Waals surface area contributed by atoms with Gasteiger partial charge in [-0.15, -0.1) is 4.98 Å². The Morgan fingerprint density at radius 3 is 1.98 bits per heavy atom. The molecule has 0 spiro atoms. The molecule has 10 rings (SSSR count). The zero-order valence-corrected chi connectivity index (χ0v) is 72.5. The third-order valence-corrected chi connectivity index (χ3v) is 27.5. The van der Waals surface area contributed by atoms with E-state index in [1.165, 1.54) is 57.3 Å². The molecule has 0 saturated carbocycles. The van der Waals surface area contributed by atoms with Crippen LogP contribution in [0.2, 0.25) is 0 Å². The Hall–Kier alpha value is -10.2. The second-order valence-electron chi connectivity index (χ2n) is 32.3. The number of aromatic nitrogens is 5. The van der Waals surface area contributed by atoms with Crippen LogP contribution in [0, 0.1) is 69.4 Å². The minimum Gasteiger partial charge on any atom is -0.490 e. The van der Waals surface area contributed by atoms with Crippen LogP contribution in [-0.4, -0.2) is 195 Å². The van der Waals surface area contributed by atoms with Gasteiger partial charge in [0.05, 0.1) is 44.8 Å². The van der Waals surface area contributed by atoms with E-state index in [2.05, 4.69) is 35.6 Å². The zero-order valence-electron chi connectivity index (χ0n) is 69.8. The van der Waals surface area contributed by atoms with Gasteiger partial charge in [0.1, 0.15) is 35.6 Å². The summed E-state index contributed by atoms with van der Waals surface area (Å²) in [6.07, 6.45) is -5.38. The molecule has 0 radical (unpaired) electrons. The topological polar surface area (TPSA) is 629 Å². The van der Waals surface area contributed by atoms with Crippen LogP contribution in [0.3, 0.4) is 0 Å². The Bertz CT molecular complexity index is 5110. The number of ether oxygens (including phenoxy) is 5. The number of aliphatic imine (C=N–C) groups is 3. The van der Waals surface area contributed by atoms with E-state index < -0.39 is 159 Å². The van der Waals surface area contributed by atoms with Crippen molar-refractivity contribution in [3.05, 3.63) is 88.2 Å². The number of carbonyl (C=O) groups excluding carboxylic acids is 8. The summed E-state index contributed by atoms with van der Waals surface area (Å²) < 4.78 is 80.6. The second-order valence-corrected chi connectivity index (χ2v) is 36.2. The van der Waals surface area contributed by atoms with Gasteiger partial charge in [-0.1, -0.05) is 12.1 Å². The second kappa shape index (κ2) is 38.1. The number of fused-ring (bicyclic) bond motifs is 7. The number of allylic oxidation sites excluding steroid dienone is 6. The fourth-order valence-corrected chi connectivity index (χ4v) is 21.0. The number of primary amides is 6. The number of carbonyl (C=O) groups is 8. The molecule has 2 fully saturated rings. The molecule has 40 nitrogen and oxygen atoms in total. The SMILES string of the molecule is C/C1=C2N=C(/C=C3N=C(/C(C)=C4/[C@@H](CCC(N)=O)[C@](C)(CC(N)=O)[C@](C)([C@@H]5N=C1[C@](C)(CCC(=O)NCC(C)OP(=O)([O-])O[C@H]1[C@@H](O)[C@@H](n6cnc7cc(C)c(C)cc76)O[C@@H]1CO)[C@H]5CC(N)=O)[N]4[Co+][C]#N)[C@@](C)(CC(N)=O)[C@@H]\3CCC(N)=O)C(C)(C)[C@@H]/2CCC(N)=O.COCCOc1ccccc1S(=O)(=O)NC(=O)Nc1nc(OC)nc(OC)n1. The van der Waals surface area contributed by atoms with Crippen molar-refractivity contribution >= 4 is 99.3 Å². The Labute approximate surface area is 706 Å². The number of methoxy groups -OCH3 is 3. The molecule has 17 N–H and O–H groups in total. The minimum atomic E-state index is -5.35. The van der Waals surface area contributed by atoms with Crippen LogP contribution in [0.4, 0.5) is 10.7 Å². The van der Waals surface area contributed by atoms with Crippen molar-refractivity contribution < 1.29 is 114 Å². The van der Waals surface area contributed by atoms with E-state index in [1.54, 1.807) is 43.8 Å². The Balaban J connectivity index is 0.000000501. The van der Waals surface area contributed by atoms with Crippen LogP contribution in [0.25, 0.3) is 11.0 Å². The number of anilines is 1. The normalized spacial score (nSPS) is 28.3. The molecule has 8 bridgehead atoms. The Morgan fingerprint density at radius 1 is 0.777 bits per heavy atom. The van der Waals surface area contributed by atoms with Crippen molar-refractivity contribution in [2.24, 2.45) is 94.7 Å². The molecule has 121 heavy (non-hydrogen) atoms. The number of imidazole rings is 1. The van der Waals surface area contributed by atoms with E-state index in [4.69, 9.17) is 82.1 Å². The van der Waals surface area contributed by atoms with Gasteiger partial charge in [0, 0.05) is 7.11 Å². The summed E-state index contributed by atoms with van der Waals surface area (Å²) in [6.45, 7) is 19.2. The number of para-hydroxylation sites is 1. The van der Waals surface area contributed by atoms with Gasteiger partial charge in [-0.2, -0.15) is 9.97 Å². The van der Waals surface area contributed by atoms with Crippen LogP contribution in [0.5, 0.6) is 17.8 Å². The van der Waals surface area contributed by atoms with E-state index in [0.717, 1.165) is 11.1 Å². The van der Waals surface area contributed by atoms with Crippen LogP contribution in [-0.2, 0) is 81.6 Å². The van der Waals surface area contributed by atoms with Gasteiger partial charge in [-0.3, -0.25) is 9.88 Å².